The van der Waals surface area contributed by atoms with Crippen LogP contribution < -0.4 is 0 Å². The summed E-state index contributed by atoms with van der Waals surface area (Å²) in [6.07, 6.45) is 0. The van der Waals surface area contributed by atoms with E-state index in [1.165, 1.54) is 0 Å². The zero-order valence-corrected chi connectivity index (χ0v) is 11.4. The fourth-order valence-corrected chi connectivity index (χ4v) is 3.38. The zero-order chi connectivity index (χ0) is 9.12. The van der Waals surface area contributed by atoms with Gasteiger partial charge < -0.3 is 8.95 Å². The van der Waals surface area contributed by atoms with E-state index in [0.717, 1.165) is 0 Å². The molecule has 64 valence electrons. The van der Waals surface area contributed by atoms with Gasteiger partial charge in [-0.15, -0.1) is 0 Å². The number of nitrogens with zero attached hydrogens (tertiary/aromatic N) is 2. The summed E-state index contributed by atoms with van der Waals surface area (Å²) in [7, 11) is -1.87. The maximum Gasteiger partial charge on any atom is 0.497 e. The Bertz CT molecular complexity index is 143. The molecule has 0 aliphatic rings. The van der Waals surface area contributed by atoms with E-state index in [-0.39, 0.29) is 0 Å². The Morgan fingerprint density at radius 1 is 1.00 bits per heavy atom. The van der Waals surface area contributed by atoms with Gasteiger partial charge in [-0.25, -0.2) is 0 Å². The molecule has 0 aromatic carbocycles. The largest absolute Gasteiger partial charge is 0.497 e. The van der Waals surface area contributed by atoms with Gasteiger partial charge in [-0.3, -0.25) is 0 Å². The van der Waals surface area contributed by atoms with Crippen molar-refractivity contribution in [2.75, 3.05) is 0 Å². The Kier molecular flexibility index (Phi) is 3.86. The number of rotatable bonds is 3. The summed E-state index contributed by atoms with van der Waals surface area (Å²) < 4.78 is 9.15. The van der Waals surface area contributed by atoms with Gasteiger partial charge in [0.25, 0.3) is 0 Å². The summed E-state index contributed by atoms with van der Waals surface area (Å²) in [5.41, 5.74) is 0. The molecule has 0 unspecified atom stereocenters. The van der Waals surface area contributed by atoms with Crippen LogP contribution in [0.5, 0.6) is 0 Å². The van der Waals surface area contributed by atoms with Crippen molar-refractivity contribution in [1.29, 1.82) is 0 Å². The van der Waals surface area contributed by atoms with Crippen LogP contribution in [0.4, 0.5) is 0 Å². The van der Waals surface area contributed by atoms with Crippen molar-refractivity contribution in [3.8, 4) is 0 Å². The lowest BCUT2D eigenvalue weighted by molar-refractivity contribution is 1.59. The predicted octanol–water partition coefficient (Wildman–Crippen LogP) is 2.83. The lowest BCUT2D eigenvalue weighted by atomic mass is 11.8. The first-order valence-corrected chi connectivity index (χ1v) is 11.7. The van der Waals surface area contributed by atoms with Crippen LogP contribution >= 0.6 is 0 Å². The Morgan fingerprint density at radius 2 is 1.45 bits per heavy atom. The normalized spacial score (nSPS) is 13.3. The molecule has 0 N–H and O–H groups in total. The van der Waals surface area contributed by atoms with Gasteiger partial charge in [-0.05, 0) is 0 Å². The molecular weight excluding hydrogens is 184 g/mol. The first kappa shape index (κ1) is 11.3. The quantitative estimate of drug-likeness (QED) is 0.629. The summed E-state index contributed by atoms with van der Waals surface area (Å²) in [6, 6.07) is 0. The van der Waals surface area contributed by atoms with Gasteiger partial charge in [-0.1, -0.05) is 39.3 Å². The van der Waals surface area contributed by atoms with Gasteiger partial charge in [0.15, 0.2) is 0 Å². The molecule has 0 aliphatic heterocycles. The lowest BCUT2D eigenvalue weighted by Crippen LogP contribution is -2.22. The molecule has 5 heteroatoms. The van der Waals surface area contributed by atoms with Gasteiger partial charge in [0.1, 0.15) is 0 Å². The summed E-state index contributed by atoms with van der Waals surface area (Å²) in [6.45, 7) is 13.5. The lowest BCUT2D eigenvalue weighted by Gasteiger charge is -2.14. The third kappa shape index (κ3) is 10.3. The second kappa shape index (κ2) is 3.77. The van der Waals surface area contributed by atoms with E-state index in [9.17, 15) is 0 Å². The van der Waals surface area contributed by atoms with Crippen molar-refractivity contribution in [2.24, 2.45) is 4.30 Å². The van der Waals surface area contributed by atoms with E-state index in [2.05, 4.69) is 48.2 Å². The van der Waals surface area contributed by atoms with Crippen molar-refractivity contribution in [1.82, 2.24) is 0 Å². The minimum Gasteiger partial charge on any atom is -0.308 e. The van der Waals surface area contributed by atoms with E-state index in [4.69, 9.17) is 0 Å². The van der Waals surface area contributed by atoms with Crippen LogP contribution in [-0.2, 0) is 0 Å². The van der Waals surface area contributed by atoms with Crippen LogP contribution in [0.1, 0.15) is 0 Å². The molecule has 0 fully saturated rings. The SMILES string of the molecule is C[Si](C)(C)N=[Si+][N-][Si](C)(C)C. The minimum absolute atomic E-state index is 0.508. The number of hydrogen-bond donors (Lipinski definition) is 0. The highest BCUT2D eigenvalue weighted by atomic mass is 28.4. The summed E-state index contributed by atoms with van der Waals surface area (Å²) in [5.74, 6) is 0. The molecule has 0 spiro atoms. The van der Waals surface area contributed by atoms with Crippen molar-refractivity contribution in [2.45, 2.75) is 39.3 Å². The smallest absolute Gasteiger partial charge is 0.308 e. The van der Waals surface area contributed by atoms with Gasteiger partial charge in [0.05, 0.1) is 16.5 Å². The minimum atomic E-state index is -1.19. The summed E-state index contributed by atoms with van der Waals surface area (Å²) in [5, 5.41) is 0. The number of hydrogen-bond acceptors (Lipinski definition) is 1. The highest BCUT2D eigenvalue weighted by Crippen LogP contribution is 2.08. The molecule has 0 radical (unpaired) electrons. The molecule has 0 saturated carbocycles. The highest BCUT2D eigenvalue weighted by molar-refractivity contribution is 6.89. The first-order chi connectivity index (χ1) is 4.71. The van der Waals surface area contributed by atoms with Gasteiger partial charge in [-0.2, -0.15) is 0 Å². The third-order valence-corrected chi connectivity index (χ3v) is 6.94. The Morgan fingerprint density at radius 3 is 1.73 bits per heavy atom. The van der Waals surface area contributed by atoms with Crippen molar-refractivity contribution >= 4 is 25.9 Å². The maximum atomic E-state index is 4.58. The Labute approximate surface area is 74.6 Å². The van der Waals surface area contributed by atoms with Crippen LogP contribution in [0.3, 0.4) is 0 Å². The van der Waals surface area contributed by atoms with E-state index >= 15 is 0 Å². The second-order valence-electron chi connectivity index (χ2n) is 4.67. The monoisotopic (exact) mass is 202 g/mol. The van der Waals surface area contributed by atoms with Crippen molar-refractivity contribution in [3.05, 3.63) is 4.65 Å². The fraction of sp³-hybridized carbons (Fsp3) is 1.00. The molecule has 0 aromatic heterocycles. The molecule has 0 amide bonds. The average Bonchev–Trinajstić information content (AvgIpc) is 1.55. The van der Waals surface area contributed by atoms with Crippen LogP contribution in [0, 0.1) is 0 Å². The Hall–Kier alpha value is 0.251. The highest BCUT2D eigenvalue weighted by Gasteiger charge is 2.13. The molecule has 0 heterocycles. The predicted molar refractivity (Wildman–Crippen MR) is 58.2 cm³/mol. The molecule has 0 bridgehead atoms. The molecule has 0 aromatic rings. The molecule has 0 aliphatic carbocycles. The summed E-state index contributed by atoms with van der Waals surface area (Å²) >= 11 is 0. The fourth-order valence-electron chi connectivity index (χ4n) is 0.325. The average molecular weight is 202 g/mol. The molecule has 0 saturated heterocycles. The molecule has 11 heavy (non-hydrogen) atoms. The zero-order valence-electron chi connectivity index (χ0n) is 8.39. The van der Waals surface area contributed by atoms with E-state index < -0.39 is 16.5 Å². The Balaban J connectivity index is 3.80. The van der Waals surface area contributed by atoms with E-state index in [1.807, 2.05) is 0 Å². The van der Waals surface area contributed by atoms with Gasteiger partial charge in [0, 0.05) is 0 Å². The maximum absolute atomic E-state index is 4.58. The summed E-state index contributed by atoms with van der Waals surface area (Å²) in [4.78, 5) is 0. The topological polar surface area (TPSA) is 26.5 Å². The van der Waals surface area contributed by atoms with E-state index in [1.54, 1.807) is 0 Å². The van der Waals surface area contributed by atoms with Crippen LogP contribution in [-0.4, -0.2) is 25.9 Å². The van der Waals surface area contributed by atoms with E-state index in [0.29, 0.717) is 9.47 Å². The molecular formula is C6H18N2Si3. The third-order valence-electron chi connectivity index (χ3n) is 0.771. The van der Waals surface area contributed by atoms with Crippen molar-refractivity contribution in [3.63, 3.8) is 0 Å². The molecule has 0 rings (SSSR count). The van der Waals surface area contributed by atoms with Crippen LogP contribution in [0.15, 0.2) is 4.30 Å². The van der Waals surface area contributed by atoms with Crippen molar-refractivity contribution < 1.29 is 0 Å². The second-order valence-corrected chi connectivity index (χ2v) is 15.3. The first-order valence-electron chi connectivity index (χ1n) is 3.89. The van der Waals surface area contributed by atoms with Gasteiger partial charge >= 0.3 is 9.47 Å². The molecule has 2 nitrogen and oxygen atoms in total. The van der Waals surface area contributed by atoms with Crippen LogP contribution in [0.25, 0.3) is 4.65 Å². The van der Waals surface area contributed by atoms with Crippen LogP contribution in [0.2, 0.25) is 39.3 Å². The molecule has 0 atom stereocenters. The standard InChI is InChI=1S/C6H18N2Si3/c1-10(2,3)7-9-8-11(4,5)6/h1-6H3. The van der Waals surface area contributed by atoms with Gasteiger partial charge in [0.2, 0.25) is 0 Å².